The van der Waals surface area contributed by atoms with E-state index in [2.05, 4.69) is 20.9 Å². The first-order valence-corrected chi connectivity index (χ1v) is 7.33. The molecular formula is C15H19N5O2. The van der Waals surface area contributed by atoms with Crippen LogP contribution < -0.4 is 10.6 Å². The Morgan fingerprint density at radius 1 is 1.45 bits per heavy atom. The second-order valence-electron chi connectivity index (χ2n) is 5.50. The average molecular weight is 301 g/mol. The van der Waals surface area contributed by atoms with Crippen molar-refractivity contribution in [2.45, 2.75) is 31.5 Å². The molecule has 7 nitrogen and oxygen atoms in total. The molecule has 1 aromatic heterocycles. The van der Waals surface area contributed by atoms with Crippen LogP contribution in [0.2, 0.25) is 0 Å². The number of amides is 1. The first-order valence-electron chi connectivity index (χ1n) is 7.33. The van der Waals surface area contributed by atoms with Crippen molar-refractivity contribution in [3.05, 3.63) is 42.2 Å². The summed E-state index contributed by atoms with van der Waals surface area (Å²) in [4.78, 5) is 12.1. The lowest BCUT2D eigenvalue weighted by atomic mass is 10.1. The molecule has 1 aliphatic heterocycles. The summed E-state index contributed by atoms with van der Waals surface area (Å²) in [5.74, 6) is -0.127. The Morgan fingerprint density at radius 3 is 2.91 bits per heavy atom. The van der Waals surface area contributed by atoms with Crippen molar-refractivity contribution in [2.24, 2.45) is 0 Å². The number of carbonyl (C=O) groups excluding carboxylic acids is 1. The molecular weight excluding hydrogens is 282 g/mol. The zero-order valence-corrected chi connectivity index (χ0v) is 12.3. The fourth-order valence-electron chi connectivity index (χ4n) is 2.49. The highest BCUT2D eigenvalue weighted by Gasteiger charge is 2.29. The molecule has 1 aromatic carbocycles. The minimum Gasteiger partial charge on any atom is -0.392 e. The Kier molecular flexibility index (Phi) is 4.17. The summed E-state index contributed by atoms with van der Waals surface area (Å²) in [5.41, 5.74) is 1.61. The molecule has 1 aliphatic rings. The van der Waals surface area contributed by atoms with Crippen molar-refractivity contribution in [3.63, 3.8) is 0 Å². The molecule has 0 spiro atoms. The van der Waals surface area contributed by atoms with Crippen molar-refractivity contribution >= 4 is 5.91 Å². The maximum atomic E-state index is 12.1. The Morgan fingerprint density at radius 2 is 2.23 bits per heavy atom. The van der Waals surface area contributed by atoms with E-state index in [4.69, 9.17) is 0 Å². The number of carbonyl (C=O) groups is 1. The van der Waals surface area contributed by atoms with Crippen LogP contribution in [0.1, 0.15) is 25.1 Å². The van der Waals surface area contributed by atoms with Crippen LogP contribution in [0.3, 0.4) is 0 Å². The van der Waals surface area contributed by atoms with E-state index in [1.54, 1.807) is 10.9 Å². The second-order valence-corrected chi connectivity index (χ2v) is 5.50. The number of nitrogens with one attached hydrogen (secondary N) is 2. The number of rotatable bonds is 4. The van der Waals surface area contributed by atoms with Gasteiger partial charge in [-0.15, -0.1) is 5.10 Å². The average Bonchev–Trinajstić information content (AvgIpc) is 3.17. The summed E-state index contributed by atoms with van der Waals surface area (Å²) in [7, 11) is 0. The zero-order chi connectivity index (χ0) is 15.5. The lowest BCUT2D eigenvalue weighted by Crippen LogP contribution is -2.41. The summed E-state index contributed by atoms with van der Waals surface area (Å²) < 4.78 is 1.68. The van der Waals surface area contributed by atoms with Gasteiger partial charge in [0.25, 0.3) is 0 Å². The number of para-hydroxylation sites is 1. The van der Waals surface area contributed by atoms with E-state index in [9.17, 15) is 9.90 Å². The fraction of sp³-hybridized carbons (Fsp3) is 0.400. The minimum atomic E-state index is -0.454. The summed E-state index contributed by atoms with van der Waals surface area (Å²) in [6.45, 7) is 2.32. The predicted octanol–water partition coefficient (Wildman–Crippen LogP) is 0.167. The molecule has 1 fully saturated rings. The van der Waals surface area contributed by atoms with Gasteiger partial charge < -0.3 is 15.7 Å². The molecule has 1 saturated heterocycles. The van der Waals surface area contributed by atoms with Crippen LogP contribution in [-0.4, -0.2) is 44.7 Å². The molecule has 2 aromatic rings. The lowest BCUT2D eigenvalue weighted by Gasteiger charge is -2.15. The first kappa shape index (κ1) is 14.7. The summed E-state index contributed by atoms with van der Waals surface area (Å²) in [6.07, 6.45) is 1.79. The molecule has 0 bridgehead atoms. The van der Waals surface area contributed by atoms with Crippen LogP contribution in [0.15, 0.2) is 36.5 Å². The number of aromatic nitrogens is 3. The van der Waals surface area contributed by atoms with Gasteiger partial charge in [0.05, 0.1) is 30.1 Å². The van der Waals surface area contributed by atoms with E-state index in [0.29, 0.717) is 18.7 Å². The zero-order valence-electron chi connectivity index (χ0n) is 12.3. The molecule has 3 N–H and O–H groups in total. The van der Waals surface area contributed by atoms with Gasteiger partial charge >= 0.3 is 0 Å². The molecule has 3 atom stereocenters. The Bertz CT molecular complexity index is 642. The van der Waals surface area contributed by atoms with Crippen molar-refractivity contribution in [1.29, 1.82) is 0 Å². The molecule has 2 heterocycles. The van der Waals surface area contributed by atoms with Gasteiger partial charge in [-0.25, -0.2) is 4.68 Å². The second kappa shape index (κ2) is 6.25. The number of aliphatic hydroxyl groups excluding tert-OH is 1. The molecule has 22 heavy (non-hydrogen) atoms. The number of aliphatic hydroxyl groups is 1. The van der Waals surface area contributed by atoms with E-state index < -0.39 is 6.10 Å². The van der Waals surface area contributed by atoms with Crippen LogP contribution in [0.5, 0.6) is 0 Å². The molecule has 116 valence electrons. The van der Waals surface area contributed by atoms with Crippen LogP contribution in [0.25, 0.3) is 5.69 Å². The number of hydrogen-bond donors (Lipinski definition) is 3. The maximum absolute atomic E-state index is 12.1. The van der Waals surface area contributed by atoms with Crippen molar-refractivity contribution < 1.29 is 9.90 Å². The van der Waals surface area contributed by atoms with E-state index in [1.807, 2.05) is 37.3 Å². The van der Waals surface area contributed by atoms with Gasteiger partial charge in [0.15, 0.2) is 0 Å². The van der Waals surface area contributed by atoms with Crippen molar-refractivity contribution in [3.8, 4) is 5.69 Å². The van der Waals surface area contributed by atoms with E-state index in [-0.39, 0.29) is 18.0 Å². The fourth-order valence-corrected chi connectivity index (χ4v) is 2.49. The van der Waals surface area contributed by atoms with Gasteiger partial charge in [0, 0.05) is 6.54 Å². The van der Waals surface area contributed by atoms with Crippen molar-refractivity contribution in [2.75, 3.05) is 6.54 Å². The Balaban J connectivity index is 1.64. The van der Waals surface area contributed by atoms with Crippen LogP contribution in [0.4, 0.5) is 0 Å². The monoisotopic (exact) mass is 301 g/mol. The number of hydrogen-bond acceptors (Lipinski definition) is 5. The molecule has 0 saturated carbocycles. The van der Waals surface area contributed by atoms with Crippen LogP contribution >= 0.6 is 0 Å². The number of β-amino-alcohol motifs (C(OH)–C–C–N with tert-alkyl or cyclic N) is 1. The molecule has 7 heteroatoms. The molecule has 3 unspecified atom stereocenters. The van der Waals surface area contributed by atoms with Crippen LogP contribution in [-0.2, 0) is 4.79 Å². The lowest BCUT2D eigenvalue weighted by molar-refractivity contribution is -0.123. The highest BCUT2D eigenvalue weighted by Crippen LogP contribution is 2.13. The number of nitrogens with zero attached hydrogens (tertiary/aromatic N) is 3. The highest BCUT2D eigenvalue weighted by molar-refractivity contribution is 5.82. The Hall–Kier alpha value is -2.25. The molecule has 3 rings (SSSR count). The predicted molar refractivity (Wildman–Crippen MR) is 80.3 cm³/mol. The third kappa shape index (κ3) is 3.15. The minimum absolute atomic E-state index is 0.127. The Labute approximate surface area is 128 Å². The summed E-state index contributed by atoms with van der Waals surface area (Å²) in [6, 6.07) is 9.08. The molecule has 1 amide bonds. The van der Waals surface area contributed by atoms with E-state index in [1.165, 1.54) is 0 Å². The normalized spacial score (nSPS) is 22.5. The quantitative estimate of drug-likeness (QED) is 0.748. The summed E-state index contributed by atoms with van der Waals surface area (Å²) >= 11 is 0. The first-order chi connectivity index (χ1) is 10.6. The number of benzene rings is 1. The van der Waals surface area contributed by atoms with E-state index in [0.717, 1.165) is 5.69 Å². The van der Waals surface area contributed by atoms with Gasteiger partial charge in [0.2, 0.25) is 5.91 Å². The summed E-state index contributed by atoms with van der Waals surface area (Å²) in [5, 5.41) is 23.5. The molecule has 0 aliphatic carbocycles. The smallest absolute Gasteiger partial charge is 0.237 e. The maximum Gasteiger partial charge on any atom is 0.237 e. The van der Waals surface area contributed by atoms with Gasteiger partial charge in [-0.2, -0.15) is 0 Å². The van der Waals surface area contributed by atoms with Gasteiger partial charge in [-0.1, -0.05) is 23.4 Å². The SMILES string of the molecule is CC(NC(=O)C1CC(O)CN1)c1cn(-c2ccccc2)nn1. The third-order valence-corrected chi connectivity index (χ3v) is 3.76. The van der Waals surface area contributed by atoms with E-state index >= 15 is 0 Å². The van der Waals surface area contributed by atoms with Crippen LogP contribution in [0, 0.1) is 0 Å². The third-order valence-electron chi connectivity index (χ3n) is 3.76. The van der Waals surface area contributed by atoms with Gasteiger partial charge in [0.1, 0.15) is 5.69 Å². The van der Waals surface area contributed by atoms with Gasteiger partial charge in [-0.05, 0) is 25.5 Å². The van der Waals surface area contributed by atoms with Gasteiger partial charge in [-0.3, -0.25) is 4.79 Å². The standard InChI is InChI=1S/C15H19N5O2/c1-10(17-15(22)13-7-12(21)8-16-13)14-9-20(19-18-14)11-5-3-2-4-6-11/h2-6,9-10,12-13,16,21H,7-8H2,1H3,(H,17,22). The highest BCUT2D eigenvalue weighted by atomic mass is 16.3. The topological polar surface area (TPSA) is 92.1 Å². The molecule has 0 radical (unpaired) electrons. The largest absolute Gasteiger partial charge is 0.392 e. The van der Waals surface area contributed by atoms with Crippen molar-refractivity contribution in [1.82, 2.24) is 25.6 Å².